The number of nitrogens with zero attached hydrogens (tertiary/aromatic N) is 1. The summed E-state index contributed by atoms with van der Waals surface area (Å²) >= 11 is 6.20. The molecule has 0 bridgehead atoms. The Morgan fingerprint density at radius 3 is 1.93 bits per heavy atom. The number of carbonyl (C=O) groups excluding carboxylic acids is 5. The smallest absolute Gasteiger partial charge is 0.343 e. The Labute approximate surface area is 234 Å². The lowest BCUT2D eigenvalue weighted by Gasteiger charge is -2.15. The highest BCUT2D eigenvalue weighted by Crippen LogP contribution is 2.30. The van der Waals surface area contributed by atoms with Gasteiger partial charge in [-0.3, -0.25) is 9.59 Å². The van der Waals surface area contributed by atoms with Crippen LogP contribution in [0.2, 0.25) is 0 Å². The van der Waals surface area contributed by atoms with E-state index >= 15 is 0 Å². The van der Waals surface area contributed by atoms with Crippen molar-refractivity contribution in [3.05, 3.63) is 100 Å². The Morgan fingerprint density at radius 1 is 0.775 bits per heavy atom. The molecule has 0 unspecified atom stereocenters. The van der Waals surface area contributed by atoms with Crippen molar-refractivity contribution in [2.75, 3.05) is 23.9 Å². The number of imide groups is 1. The van der Waals surface area contributed by atoms with E-state index in [0.29, 0.717) is 17.7 Å². The zero-order valence-electron chi connectivity index (χ0n) is 21.4. The molecule has 0 saturated heterocycles. The normalized spacial score (nSPS) is 12.8. The van der Waals surface area contributed by atoms with Gasteiger partial charge in [0.1, 0.15) is 16.5 Å². The molecule has 204 valence electrons. The molecular formula is C29H23ClN2O8. The monoisotopic (exact) mass is 562 g/mol. The van der Waals surface area contributed by atoms with Gasteiger partial charge in [-0.1, -0.05) is 18.5 Å². The van der Waals surface area contributed by atoms with Gasteiger partial charge >= 0.3 is 17.9 Å². The van der Waals surface area contributed by atoms with Crippen LogP contribution in [-0.4, -0.2) is 43.4 Å². The third kappa shape index (κ3) is 6.02. The van der Waals surface area contributed by atoms with Gasteiger partial charge in [-0.15, -0.1) is 0 Å². The summed E-state index contributed by atoms with van der Waals surface area (Å²) in [4.78, 5) is 62.8. The lowest BCUT2D eigenvalue weighted by Crippen LogP contribution is -2.32. The molecule has 40 heavy (non-hydrogen) atoms. The number of hydrogen-bond acceptors (Lipinski definition) is 9. The zero-order chi connectivity index (χ0) is 28.8. The third-order valence-corrected chi connectivity index (χ3v) is 6.05. The summed E-state index contributed by atoms with van der Waals surface area (Å²) in [6.07, 6.45) is 0.682. The van der Waals surface area contributed by atoms with Crippen LogP contribution in [-0.2, 0) is 19.1 Å². The first-order chi connectivity index (χ1) is 19.2. The molecular weight excluding hydrogens is 540 g/mol. The molecule has 1 heterocycles. The predicted octanol–water partition coefficient (Wildman–Crippen LogP) is 4.69. The maximum atomic E-state index is 13.1. The second-order valence-corrected chi connectivity index (χ2v) is 8.80. The van der Waals surface area contributed by atoms with Crippen LogP contribution < -0.4 is 15.0 Å². The van der Waals surface area contributed by atoms with Crippen molar-refractivity contribution < 1.29 is 38.2 Å². The van der Waals surface area contributed by atoms with Crippen molar-refractivity contribution in [3.63, 3.8) is 0 Å². The first kappa shape index (κ1) is 28.1. The molecule has 0 aliphatic carbocycles. The van der Waals surface area contributed by atoms with Gasteiger partial charge in [0.05, 0.1) is 36.1 Å². The Morgan fingerprint density at radius 2 is 1.32 bits per heavy atom. The second-order valence-electron chi connectivity index (χ2n) is 8.43. The highest BCUT2D eigenvalue weighted by atomic mass is 35.5. The van der Waals surface area contributed by atoms with E-state index < -0.39 is 29.7 Å². The lowest BCUT2D eigenvalue weighted by atomic mass is 10.2. The minimum absolute atomic E-state index is 0.140. The average Bonchev–Trinajstić information content (AvgIpc) is 3.19. The van der Waals surface area contributed by atoms with Gasteiger partial charge in [0, 0.05) is 5.69 Å². The SMILES string of the molecule is CCCOC(=O)c1ccc(N2C(=O)C(Cl)=C(Nc3ccc(C(=O)Oc4ccc(C(=O)OC)cc4)cc3)C2=O)cc1. The van der Waals surface area contributed by atoms with E-state index in [0.717, 1.165) is 4.90 Å². The molecule has 10 nitrogen and oxygen atoms in total. The quantitative estimate of drug-likeness (QED) is 0.224. The number of methoxy groups -OCH3 is 1. The topological polar surface area (TPSA) is 128 Å². The van der Waals surface area contributed by atoms with Crippen LogP contribution in [0.5, 0.6) is 5.75 Å². The molecule has 1 N–H and O–H groups in total. The molecule has 3 aromatic carbocycles. The summed E-state index contributed by atoms with van der Waals surface area (Å²) in [7, 11) is 1.27. The largest absolute Gasteiger partial charge is 0.465 e. The van der Waals surface area contributed by atoms with Crippen LogP contribution in [0.4, 0.5) is 11.4 Å². The molecule has 11 heteroatoms. The summed E-state index contributed by atoms with van der Waals surface area (Å²) in [5, 5.41) is 2.52. The van der Waals surface area contributed by atoms with Crippen molar-refractivity contribution in [1.29, 1.82) is 0 Å². The Balaban J connectivity index is 1.41. The van der Waals surface area contributed by atoms with Crippen molar-refractivity contribution in [3.8, 4) is 5.75 Å². The second kappa shape index (κ2) is 12.3. The number of esters is 3. The van der Waals surface area contributed by atoms with Gasteiger partial charge in [-0.05, 0) is 79.2 Å². The number of halogens is 1. The highest BCUT2D eigenvalue weighted by molar-refractivity contribution is 6.53. The van der Waals surface area contributed by atoms with E-state index in [2.05, 4.69) is 10.1 Å². The van der Waals surface area contributed by atoms with Crippen molar-refractivity contribution in [2.24, 2.45) is 0 Å². The number of rotatable bonds is 9. The molecule has 2 amide bonds. The van der Waals surface area contributed by atoms with Crippen LogP contribution in [0.3, 0.4) is 0 Å². The maximum Gasteiger partial charge on any atom is 0.343 e. The van der Waals surface area contributed by atoms with Crippen molar-refractivity contribution >= 4 is 52.7 Å². The van der Waals surface area contributed by atoms with Crippen molar-refractivity contribution in [1.82, 2.24) is 0 Å². The van der Waals surface area contributed by atoms with Gasteiger partial charge in [0.25, 0.3) is 11.8 Å². The number of benzene rings is 3. The number of nitrogens with one attached hydrogen (secondary N) is 1. The van der Waals surface area contributed by atoms with E-state index in [1.807, 2.05) is 6.92 Å². The fourth-order valence-electron chi connectivity index (χ4n) is 3.65. The summed E-state index contributed by atoms with van der Waals surface area (Å²) in [5.74, 6) is -2.84. The van der Waals surface area contributed by atoms with Gasteiger partial charge in [0.15, 0.2) is 0 Å². The Kier molecular flexibility index (Phi) is 8.60. The molecule has 0 atom stereocenters. The van der Waals surface area contributed by atoms with Crippen LogP contribution in [0.1, 0.15) is 44.4 Å². The molecule has 0 radical (unpaired) electrons. The zero-order valence-corrected chi connectivity index (χ0v) is 22.2. The molecule has 0 saturated carbocycles. The number of ether oxygens (including phenoxy) is 3. The molecule has 3 aromatic rings. The summed E-state index contributed by atoms with van der Waals surface area (Å²) in [5.41, 5.74) is 1.30. The van der Waals surface area contributed by atoms with E-state index in [-0.39, 0.29) is 39.9 Å². The van der Waals surface area contributed by atoms with Crippen LogP contribution >= 0.6 is 11.6 Å². The molecule has 0 spiro atoms. The summed E-state index contributed by atoms with van der Waals surface area (Å²) in [6.45, 7) is 2.16. The first-order valence-corrected chi connectivity index (χ1v) is 12.4. The van der Waals surface area contributed by atoms with Crippen LogP contribution in [0, 0.1) is 0 Å². The molecule has 0 fully saturated rings. The Bertz CT molecular complexity index is 1500. The van der Waals surface area contributed by atoms with Gasteiger partial charge < -0.3 is 19.5 Å². The van der Waals surface area contributed by atoms with Gasteiger partial charge in [0.2, 0.25) is 0 Å². The molecule has 1 aliphatic heterocycles. The van der Waals surface area contributed by atoms with E-state index in [1.165, 1.54) is 79.9 Å². The molecule has 4 rings (SSSR count). The van der Waals surface area contributed by atoms with Gasteiger partial charge in [-0.2, -0.15) is 0 Å². The van der Waals surface area contributed by atoms with Crippen LogP contribution in [0.25, 0.3) is 0 Å². The van der Waals surface area contributed by atoms with E-state index in [9.17, 15) is 24.0 Å². The minimum atomic E-state index is -0.728. The minimum Gasteiger partial charge on any atom is -0.465 e. The van der Waals surface area contributed by atoms with Crippen molar-refractivity contribution in [2.45, 2.75) is 13.3 Å². The number of hydrogen-bond donors (Lipinski definition) is 1. The van der Waals surface area contributed by atoms with Crippen LogP contribution in [0.15, 0.2) is 83.5 Å². The van der Waals surface area contributed by atoms with E-state index in [4.69, 9.17) is 21.1 Å². The summed E-state index contributed by atoms with van der Waals surface area (Å²) in [6, 6.07) is 17.7. The molecule has 0 aromatic heterocycles. The van der Waals surface area contributed by atoms with E-state index in [1.54, 1.807) is 0 Å². The fourth-order valence-corrected chi connectivity index (χ4v) is 3.86. The number of amides is 2. The maximum absolute atomic E-state index is 13.1. The lowest BCUT2D eigenvalue weighted by molar-refractivity contribution is -0.120. The highest BCUT2D eigenvalue weighted by Gasteiger charge is 2.39. The average molecular weight is 563 g/mol. The standard InChI is InChI=1S/C29H23ClN2O8/c1-3-16-39-28(36)18-6-12-21(13-7-18)32-25(33)23(30)24(26(32)34)31-20-10-4-19(5-11-20)29(37)40-22-14-8-17(9-15-22)27(35)38-2/h4-15,31H,3,16H2,1-2H3. The Hall–Kier alpha value is -4.96. The number of carbonyl (C=O) groups is 5. The summed E-state index contributed by atoms with van der Waals surface area (Å²) < 4.78 is 15.0. The number of anilines is 2. The first-order valence-electron chi connectivity index (χ1n) is 12.1. The predicted molar refractivity (Wildman–Crippen MR) is 145 cm³/mol. The fraction of sp³-hybridized carbons (Fsp3) is 0.138. The molecule has 1 aliphatic rings. The van der Waals surface area contributed by atoms with Gasteiger partial charge in [-0.25, -0.2) is 19.3 Å². The third-order valence-electron chi connectivity index (χ3n) is 5.70.